The van der Waals surface area contributed by atoms with Gasteiger partial charge in [-0.1, -0.05) is 47.1 Å². The predicted octanol–water partition coefficient (Wildman–Crippen LogP) is 3.65. The summed E-state index contributed by atoms with van der Waals surface area (Å²) in [7, 11) is 0. The van der Waals surface area contributed by atoms with Gasteiger partial charge in [-0.15, -0.1) is 0 Å². The van der Waals surface area contributed by atoms with Crippen molar-refractivity contribution in [3.8, 4) is 0 Å². The van der Waals surface area contributed by atoms with Crippen LogP contribution >= 0.6 is 0 Å². The quantitative estimate of drug-likeness (QED) is 0.659. The summed E-state index contributed by atoms with van der Waals surface area (Å²) in [6.45, 7) is 1.61. The fraction of sp³-hybridized carbons (Fsp3) is 0.500. The monoisotopic (exact) mass is 365 g/mol. The van der Waals surface area contributed by atoms with Crippen LogP contribution in [-0.2, 0) is 13.0 Å². The highest BCUT2D eigenvalue weighted by Gasteiger charge is 2.33. The third-order valence-electron chi connectivity index (χ3n) is 5.35. The topological polar surface area (TPSA) is 81.1 Å². The van der Waals surface area contributed by atoms with Crippen molar-refractivity contribution >= 4 is 0 Å². The molecule has 1 aromatic carbocycles. The van der Waals surface area contributed by atoms with E-state index in [1.807, 2.05) is 18.2 Å². The van der Waals surface area contributed by atoms with E-state index in [1.54, 1.807) is 0 Å². The van der Waals surface area contributed by atoms with Crippen LogP contribution in [0.15, 0.2) is 39.4 Å². The first-order chi connectivity index (χ1) is 13.3. The van der Waals surface area contributed by atoms with Gasteiger partial charge in [-0.25, -0.2) is 0 Å². The summed E-state index contributed by atoms with van der Waals surface area (Å²) in [5.41, 5.74) is 1.18. The zero-order valence-electron chi connectivity index (χ0n) is 15.3. The summed E-state index contributed by atoms with van der Waals surface area (Å²) < 4.78 is 11.0. The Morgan fingerprint density at radius 3 is 2.70 bits per heavy atom. The Balaban J connectivity index is 1.28. The molecule has 1 aliphatic carbocycles. The van der Waals surface area contributed by atoms with E-state index in [2.05, 4.69) is 37.3 Å². The highest BCUT2D eigenvalue weighted by atomic mass is 16.5. The number of aromatic nitrogens is 4. The lowest BCUT2D eigenvalue weighted by atomic mass is 10.0. The van der Waals surface area contributed by atoms with Gasteiger partial charge in [0.05, 0.1) is 12.6 Å². The van der Waals surface area contributed by atoms with Crippen molar-refractivity contribution in [2.45, 2.75) is 57.0 Å². The Labute approximate surface area is 157 Å². The van der Waals surface area contributed by atoms with E-state index in [0.717, 1.165) is 36.9 Å². The summed E-state index contributed by atoms with van der Waals surface area (Å²) in [6.07, 6.45) is 6.40. The molecule has 7 nitrogen and oxygen atoms in total. The lowest BCUT2D eigenvalue weighted by Crippen LogP contribution is -2.33. The molecule has 1 saturated heterocycles. The second kappa shape index (κ2) is 7.23. The summed E-state index contributed by atoms with van der Waals surface area (Å²) in [5.74, 6) is 3.47. The second-order valence-electron chi connectivity index (χ2n) is 7.51. The molecule has 3 heterocycles. The van der Waals surface area contributed by atoms with Crippen molar-refractivity contribution < 1.29 is 9.05 Å². The van der Waals surface area contributed by atoms with E-state index < -0.39 is 0 Å². The molecule has 7 heteroatoms. The Morgan fingerprint density at radius 2 is 1.85 bits per heavy atom. The van der Waals surface area contributed by atoms with E-state index >= 15 is 0 Å². The number of rotatable bonds is 6. The number of nitrogens with zero attached hydrogens (tertiary/aromatic N) is 5. The minimum Gasteiger partial charge on any atom is -0.339 e. The van der Waals surface area contributed by atoms with Crippen molar-refractivity contribution in [3.63, 3.8) is 0 Å². The lowest BCUT2D eigenvalue weighted by Gasteiger charge is -2.32. The minimum atomic E-state index is 0.166. The largest absolute Gasteiger partial charge is 0.339 e. The molecule has 2 fully saturated rings. The normalized spacial score (nSPS) is 20.8. The summed E-state index contributed by atoms with van der Waals surface area (Å²) in [5, 5.41) is 8.41. The van der Waals surface area contributed by atoms with Crippen LogP contribution in [0.25, 0.3) is 0 Å². The Hall–Kier alpha value is -2.54. The Morgan fingerprint density at radius 1 is 0.963 bits per heavy atom. The summed E-state index contributed by atoms with van der Waals surface area (Å²) in [4.78, 5) is 11.6. The number of hydrogen-bond acceptors (Lipinski definition) is 7. The van der Waals surface area contributed by atoms with Crippen molar-refractivity contribution in [3.05, 3.63) is 59.3 Å². The van der Waals surface area contributed by atoms with Crippen LogP contribution in [0.1, 0.15) is 73.1 Å². The molecule has 0 amide bonds. The first kappa shape index (κ1) is 16.6. The van der Waals surface area contributed by atoms with E-state index in [0.29, 0.717) is 24.8 Å². The second-order valence-corrected chi connectivity index (χ2v) is 7.51. The molecular formula is C20H23N5O2. The van der Waals surface area contributed by atoms with Crippen LogP contribution in [0.3, 0.4) is 0 Å². The summed E-state index contributed by atoms with van der Waals surface area (Å²) in [6, 6.07) is 10.4. The molecule has 0 bridgehead atoms. The fourth-order valence-electron chi connectivity index (χ4n) is 3.73. The van der Waals surface area contributed by atoms with E-state index in [1.165, 1.54) is 24.8 Å². The van der Waals surface area contributed by atoms with E-state index in [9.17, 15) is 0 Å². The summed E-state index contributed by atoms with van der Waals surface area (Å²) >= 11 is 0. The molecule has 5 rings (SSSR count). The fourth-order valence-corrected chi connectivity index (χ4v) is 3.73. The van der Waals surface area contributed by atoms with Crippen molar-refractivity contribution in [1.29, 1.82) is 0 Å². The zero-order valence-corrected chi connectivity index (χ0v) is 15.3. The first-order valence-corrected chi connectivity index (χ1v) is 9.78. The van der Waals surface area contributed by atoms with Crippen LogP contribution in [0.4, 0.5) is 0 Å². The molecule has 1 saturated carbocycles. The molecule has 0 radical (unpaired) electrons. The van der Waals surface area contributed by atoms with Crippen molar-refractivity contribution in [1.82, 2.24) is 25.2 Å². The molecule has 1 atom stereocenters. The third-order valence-corrected chi connectivity index (χ3v) is 5.35. The highest BCUT2D eigenvalue weighted by Crippen LogP contribution is 2.40. The molecule has 2 aliphatic rings. The van der Waals surface area contributed by atoms with Crippen LogP contribution in [0, 0.1) is 0 Å². The smallest absolute Gasteiger partial charge is 0.240 e. The molecule has 0 N–H and O–H groups in total. The van der Waals surface area contributed by atoms with Crippen LogP contribution in [0.2, 0.25) is 0 Å². The van der Waals surface area contributed by atoms with Crippen LogP contribution < -0.4 is 0 Å². The van der Waals surface area contributed by atoms with Crippen molar-refractivity contribution in [2.24, 2.45) is 0 Å². The van der Waals surface area contributed by atoms with Gasteiger partial charge in [-0.05, 0) is 37.8 Å². The van der Waals surface area contributed by atoms with Crippen LogP contribution in [0.5, 0.6) is 0 Å². The van der Waals surface area contributed by atoms with Gasteiger partial charge in [-0.3, -0.25) is 4.90 Å². The molecule has 3 aromatic rings. The highest BCUT2D eigenvalue weighted by molar-refractivity contribution is 5.18. The first-order valence-electron chi connectivity index (χ1n) is 9.78. The SMILES string of the molecule is c1ccc(Cc2noc(CN3CCCCC3c3noc(C4CC4)n3)n2)cc1. The van der Waals surface area contributed by atoms with Gasteiger partial charge in [0.15, 0.2) is 11.6 Å². The molecule has 27 heavy (non-hydrogen) atoms. The van der Waals surface area contributed by atoms with Gasteiger partial charge in [0.1, 0.15) is 0 Å². The van der Waals surface area contributed by atoms with Gasteiger partial charge in [0.25, 0.3) is 0 Å². The molecule has 0 spiro atoms. The molecular weight excluding hydrogens is 342 g/mol. The average molecular weight is 365 g/mol. The zero-order chi connectivity index (χ0) is 18.1. The van der Waals surface area contributed by atoms with Gasteiger partial charge in [0, 0.05) is 12.3 Å². The predicted molar refractivity (Wildman–Crippen MR) is 96.8 cm³/mol. The number of likely N-dealkylation sites (tertiary alicyclic amines) is 1. The van der Waals surface area contributed by atoms with E-state index in [-0.39, 0.29) is 6.04 Å². The lowest BCUT2D eigenvalue weighted by molar-refractivity contribution is 0.116. The minimum absolute atomic E-state index is 0.166. The van der Waals surface area contributed by atoms with Gasteiger partial charge in [0.2, 0.25) is 11.8 Å². The Kier molecular flexibility index (Phi) is 4.45. The third kappa shape index (κ3) is 3.78. The molecule has 1 unspecified atom stereocenters. The Bertz CT molecular complexity index is 887. The van der Waals surface area contributed by atoms with Crippen molar-refractivity contribution in [2.75, 3.05) is 6.54 Å². The number of benzene rings is 1. The number of hydrogen-bond donors (Lipinski definition) is 0. The maximum absolute atomic E-state index is 5.51. The molecule has 2 aromatic heterocycles. The van der Waals surface area contributed by atoms with Gasteiger partial charge in [-0.2, -0.15) is 9.97 Å². The van der Waals surface area contributed by atoms with E-state index in [4.69, 9.17) is 9.05 Å². The molecule has 1 aliphatic heterocycles. The van der Waals surface area contributed by atoms with Crippen LogP contribution in [-0.4, -0.2) is 31.7 Å². The number of piperidine rings is 1. The molecule has 140 valence electrons. The van der Waals surface area contributed by atoms with Gasteiger partial charge < -0.3 is 9.05 Å². The van der Waals surface area contributed by atoms with Gasteiger partial charge >= 0.3 is 0 Å². The maximum atomic E-state index is 5.51. The standard InChI is InChI=1S/C20H23N5O2/c1-2-6-14(7-3-1)12-17-21-18(26-23-17)13-25-11-5-4-8-16(25)19-22-20(27-24-19)15-9-10-15/h1-3,6-7,15-16H,4-5,8-13H2. The maximum Gasteiger partial charge on any atom is 0.240 e. The average Bonchev–Trinajstić information content (AvgIpc) is 3.27.